The van der Waals surface area contributed by atoms with E-state index in [0.29, 0.717) is 16.5 Å². The molecule has 0 unspecified atom stereocenters. The number of nitrogen functional groups attached to an aromatic ring is 1. The molecule has 5 heteroatoms. The summed E-state index contributed by atoms with van der Waals surface area (Å²) in [5.74, 6) is 0. The van der Waals surface area contributed by atoms with Crippen LogP contribution in [0.25, 0.3) is 0 Å². The van der Waals surface area contributed by atoms with Crippen molar-refractivity contribution >= 4 is 22.2 Å². The Kier molecular flexibility index (Phi) is 1.86. The Hall–Kier alpha value is -1.10. The summed E-state index contributed by atoms with van der Waals surface area (Å²) in [6.07, 6.45) is 0. The number of nitrogens with zero attached hydrogens (tertiary/aromatic N) is 2. The zero-order valence-corrected chi connectivity index (χ0v) is 6.22. The Morgan fingerprint density at radius 2 is 2.60 bits per heavy atom. The van der Waals surface area contributed by atoms with E-state index in [1.165, 1.54) is 11.3 Å². The predicted molar refractivity (Wildman–Crippen MR) is 40.5 cm³/mol. The molecule has 0 aliphatic heterocycles. The first kappa shape index (κ1) is 7.01. The number of rotatable bonds is 1. The molecule has 0 bridgehead atoms. The standard InChI is InChI=1S/C5H7N3OS/c1-3(8-9)4-2-10-5(6)7-4/h2,9H,1H3,(H2,6,7). The number of anilines is 1. The van der Waals surface area contributed by atoms with Crippen LogP contribution in [0.5, 0.6) is 0 Å². The fourth-order valence-corrected chi connectivity index (χ4v) is 1.11. The molecule has 3 N–H and O–H groups in total. The summed E-state index contributed by atoms with van der Waals surface area (Å²) < 4.78 is 0. The van der Waals surface area contributed by atoms with E-state index in [4.69, 9.17) is 10.9 Å². The first-order valence-corrected chi connectivity index (χ1v) is 3.52. The molecule has 0 aliphatic carbocycles. The van der Waals surface area contributed by atoms with Gasteiger partial charge in [-0.1, -0.05) is 5.16 Å². The van der Waals surface area contributed by atoms with Crippen molar-refractivity contribution in [2.24, 2.45) is 5.16 Å². The van der Waals surface area contributed by atoms with E-state index < -0.39 is 0 Å². The third-order valence-corrected chi connectivity index (χ3v) is 1.72. The van der Waals surface area contributed by atoms with Gasteiger partial charge in [0, 0.05) is 5.38 Å². The van der Waals surface area contributed by atoms with Crippen LogP contribution in [0.3, 0.4) is 0 Å². The Labute approximate surface area is 62.0 Å². The van der Waals surface area contributed by atoms with Crippen molar-refractivity contribution < 1.29 is 5.21 Å². The molecule has 1 aromatic heterocycles. The number of aromatic nitrogens is 1. The lowest BCUT2D eigenvalue weighted by Crippen LogP contribution is -1.94. The van der Waals surface area contributed by atoms with Crippen LogP contribution in [0.2, 0.25) is 0 Å². The molecule has 1 heterocycles. The van der Waals surface area contributed by atoms with Gasteiger partial charge >= 0.3 is 0 Å². The molecular weight excluding hydrogens is 150 g/mol. The summed E-state index contributed by atoms with van der Waals surface area (Å²) in [5, 5.41) is 13.5. The predicted octanol–water partition coefficient (Wildman–Crippen LogP) is 0.924. The van der Waals surface area contributed by atoms with Gasteiger partial charge in [0.25, 0.3) is 0 Å². The van der Waals surface area contributed by atoms with Crippen LogP contribution >= 0.6 is 11.3 Å². The first-order chi connectivity index (χ1) is 4.74. The van der Waals surface area contributed by atoms with Crippen LogP contribution in [0, 0.1) is 0 Å². The second-order valence-corrected chi connectivity index (χ2v) is 2.65. The minimum atomic E-state index is 0.480. The van der Waals surface area contributed by atoms with Gasteiger partial charge in [0.05, 0.1) is 0 Å². The Morgan fingerprint density at radius 1 is 1.90 bits per heavy atom. The van der Waals surface area contributed by atoms with Crippen LogP contribution in [0.4, 0.5) is 5.13 Å². The van der Waals surface area contributed by atoms with Gasteiger partial charge in [0.2, 0.25) is 0 Å². The van der Waals surface area contributed by atoms with E-state index in [0.717, 1.165) is 0 Å². The van der Waals surface area contributed by atoms with E-state index in [-0.39, 0.29) is 0 Å². The van der Waals surface area contributed by atoms with Crippen molar-refractivity contribution in [2.75, 3.05) is 5.73 Å². The summed E-state index contributed by atoms with van der Waals surface area (Å²) >= 11 is 1.32. The van der Waals surface area contributed by atoms with Crippen LogP contribution in [-0.4, -0.2) is 15.9 Å². The number of thiazole rings is 1. The van der Waals surface area contributed by atoms with Gasteiger partial charge in [0.15, 0.2) is 5.13 Å². The van der Waals surface area contributed by atoms with Gasteiger partial charge in [-0.15, -0.1) is 11.3 Å². The highest BCUT2D eigenvalue weighted by Crippen LogP contribution is 2.11. The third-order valence-electron chi connectivity index (χ3n) is 1.04. The molecule has 1 aromatic rings. The average Bonchev–Trinajstić information content (AvgIpc) is 2.34. The molecule has 0 saturated heterocycles. The molecular formula is C5H7N3OS. The van der Waals surface area contributed by atoms with Crippen LogP contribution in [-0.2, 0) is 0 Å². The summed E-state index contributed by atoms with van der Waals surface area (Å²) in [5.41, 5.74) is 6.45. The zero-order chi connectivity index (χ0) is 7.56. The van der Waals surface area contributed by atoms with Crippen LogP contribution in [0.1, 0.15) is 12.6 Å². The van der Waals surface area contributed by atoms with Crippen molar-refractivity contribution in [1.29, 1.82) is 0 Å². The molecule has 1 rings (SSSR count). The van der Waals surface area contributed by atoms with Crippen LogP contribution < -0.4 is 5.73 Å². The van der Waals surface area contributed by atoms with Gasteiger partial charge in [-0.2, -0.15) is 0 Å². The summed E-state index contributed by atoms with van der Waals surface area (Å²) in [4.78, 5) is 3.89. The SMILES string of the molecule is CC(=NO)c1csc(N)n1. The maximum Gasteiger partial charge on any atom is 0.180 e. The van der Waals surface area contributed by atoms with E-state index in [2.05, 4.69) is 10.1 Å². The summed E-state index contributed by atoms with van der Waals surface area (Å²) in [7, 11) is 0. The van der Waals surface area contributed by atoms with E-state index in [1.807, 2.05) is 0 Å². The van der Waals surface area contributed by atoms with E-state index in [1.54, 1.807) is 12.3 Å². The van der Waals surface area contributed by atoms with Gasteiger partial charge in [0.1, 0.15) is 11.4 Å². The smallest absolute Gasteiger partial charge is 0.180 e. The molecule has 0 fully saturated rings. The van der Waals surface area contributed by atoms with Gasteiger partial charge in [-0.3, -0.25) is 0 Å². The lowest BCUT2D eigenvalue weighted by atomic mass is 10.3. The maximum absolute atomic E-state index is 8.31. The molecule has 0 spiro atoms. The molecule has 10 heavy (non-hydrogen) atoms. The Morgan fingerprint density at radius 3 is 3.00 bits per heavy atom. The second-order valence-electron chi connectivity index (χ2n) is 1.76. The lowest BCUT2D eigenvalue weighted by Gasteiger charge is -1.86. The van der Waals surface area contributed by atoms with E-state index >= 15 is 0 Å². The third kappa shape index (κ3) is 1.24. The number of hydrogen-bond acceptors (Lipinski definition) is 5. The Balaban J connectivity index is 2.95. The van der Waals surface area contributed by atoms with Crippen molar-refractivity contribution in [1.82, 2.24) is 4.98 Å². The van der Waals surface area contributed by atoms with Gasteiger partial charge in [-0.25, -0.2) is 4.98 Å². The first-order valence-electron chi connectivity index (χ1n) is 2.64. The van der Waals surface area contributed by atoms with Crippen LogP contribution in [0.15, 0.2) is 10.5 Å². The largest absolute Gasteiger partial charge is 0.411 e. The summed E-state index contributed by atoms with van der Waals surface area (Å²) in [6.45, 7) is 1.66. The monoisotopic (exact) mass is 157 g/mol. The minimum Gasteiger partial charge on any atom is -0.411 e. The quantitative estimate of drug-likeness (QED) is 0.362. The molecule has 0 radical (unpaired) electrons. The van der Waals surface area contributed by atoms with Crippen molar-refractivity contribution in [2.45, 2.75) is 6.92 Å². The fraction of sp³-hybridized carbons (Fsp3) is 0.200. The Bertz CT molecular complexity index is 255. The van der Waals surface area contributed by atoms with Crippen molar-refractivity contribution in [3.05, 3.63) is 11.1 Å². The lowest BCUT2D eigenvalue weighted by molar-refractivity contribution is 0.319. The molecule has 0 aliphatic rings. The topological polar surface area (TPSA) is 71.5 Å². The number of nitrogens with two attached hydrogens (primary N) is 1. The normalized spacial score (nSPS) is 11.9. The highest BCUT2D eigenvalue weighted by atomic mass is 32.1. The minimum absolute atomic E-state index is 0.480. The molecule has 54 valence electrons. The van der Waals surface area contributed by atoms with Crippen molar-refractivity contribution in [3.8, 4) is 0 Å². The highest BCUT2D eigenvalue weighted by molar-refractivity contribution is 7.13. The fourth-order valence-electron chi connectivity index (χ4n) is 0.505. The highest BCUT2D eigenvalue weighted by Gasteiger charge is 2.00. The van der Waals surface area contributed by atoms with E-state index in [9.17, 15) is 0 Å². The second kappa shape index (κ2) is 2.66. The van der Waals surface area contributed by atoms with Gasteiger partial charge < -0.3 is 10.9 Å². The summed E-state index contributed by atoms with van der Waals surface area (Å²) in [6, 6.07) is 0. The zero-order valence-electron chi connectivity index (χ0n) is 5.40. The molecule has 0 amide bonds. The molecule has 0 aromatic carbocycles. The average molecular weight is 157 g/mol. The van der Waals surface area contributed by atoms with Crippen molar-refractivity contribution in [3.63, 3.8) is 0 Å². The number of hydrogen-bond donors (Lipinski definition) is 2. The molecule has 0 atom stereocenters. The molecule has 4 nitrogen and oxygen atoms in total. The molecule has 0 saturated carbocycles. The maximum atomic E-state index is 8.31. The van der Waals surface area contributed by atoms with Gasteiger partial charge in [-0.05, 0) is 6.92 Å². The number of oxime groups is 1.